The molecule has 0 aliphatic heterocycles. The van der Waals surface area contributed by atoms with E-state index in [0.29, 0.717) is 0 Å². The van der Waals surface area contributed by atoms with Gasteiger partial charge in [0.15, 0.2) is 0 Å². The zero-order chi connectivity index (χ0) is 2.71. The van der Waals surface area contributed by atoms with Crippen LogP contribution in [-0.2, 0) is 76.0 Å². The standard InChI is InChI=1S/6O.Sn.Ti.Zr/q;;4*-2;;2*+4. The second-order valence-electron chi connectivity index (χ2n) is 0.0833. The topological polar surface area (TPSA) is 148 Å². The van der Waals surface area contributed by atoms with Gasteiger partial charge in [0.25, 0.3) is 0 Å². The first-order valence-corrected chi connectivity index (χ1v) is 2.74. The molecule has 0 bridgehead atoms. The molecule has 0 spiro atoms. The van der Waals surface area contributed by atoms with Gasteiger partial charge < -0.3 is 21.9 Å². The quantitative estimate of drug-likeness (QED) is 0.508. The molecule has 6 nitrogen and oxygen atoms in total. The second-order valence-corrected chi connectivity index (χ2v) is 0.559. The van der Waals surface area contributed by atoms with Crippen LogP contribution in [0.2, 0.25) is 0 Å². The van der Waals surface area contributed by atoms with E-state index in [-0.39, 0.29) is 69.8 Å². The molecule has 0 N–H and O–H groups in total. The predicted molar refractivity (Wildman–Crippen MR) is 9.87 cm³/mol. The first kappa shape index (κ1) is 71.2. The average Bonchev–Trinajstić information content (AvgIpc) is 0.918. The monoisotopic (exact) mass is 354 g/mol. The van der Waals surface area contributed by atoms with Crippen molar-refractivity contribution >= 4 is 21.1 Å². The Morgan fingerprint density at radius 1 is 0.778 bits per heavy atom. The summed E-state index contributed by atoms with van der Waals surface area (Å²) in [7, 11) is 0. The molecule has 9 heavy (non-hydrogen) atoms. The van der Waals surface area contributed by atoms with Gasteiger partial charge in [-0.3, -0.25) is 0 Å². The van der Waals surface area contributed by atoms with E-state index >= 15 is 0 Å². The molecule has 0 atom stereocenters. The SMILES string of the molecule is [O-2].[O-2].[O-2].[O-2].[O]=[Sn]=[O].[Ti+4].[Zr+4]. The van der Waals surface area contributed by atoms with Crippen molar-refractivity contribution in [2.45, 2.75) is 0 Å². The van der Waals surface area contributed by atoms with Crippen molar-refractivity contribution in [3.8, 4) is 0 Å². The third-order valence-corrected chi connectivity index (χ3v) is 0. The van der Waals surface area contributed by atoms with Crippen molar-refractivity contribution in [2.24, 2.45) is 0 Å². The second kappa shape index (κ2) is 95.5. The maximum absolute atomic E-state index is 8.54. The van der Waals surface area contributed by atoms with Gasteiger partial charge in [0.05, 0.1) is 0 Å². The van der Waals surface area contributed by atoms with Crippen molar-refractivity contribution in [1.82, 2.24) is 0 Å². The smallest absolute Gasteiger partial charge is 4.00 e. The third kappa shape index (κ3) is 179. The van der Waals surface area contributed by atoms with E-state index < -0.39 is 21.1 Å². The fourth-order valence-corrected chi connectivity index (χ4v) is 0. The molecule has 0 radical (unpaired) electrons. The Balaban J connectivity index is -0.00000000133. The van der Waals surface area contributed by atoms with Crippen molar-refractivity contribution in [1.29, 1.82) is 0 Å². The molecule has 9 heteroatoms. The first-order chi connectivity index (χ1) is 1.41. The Bertz CT molecular complexity index is 34.0. The van der Waals surface area contributed by atoms with E-state index in [0.717, 1.165) is 0 Å². The Hall–Kier alpha value is 1.84. The molecular formula is O6SnTiZr. The number of rotatable bonds is 0. The minimum Gasteiger partial charge on any atom is 4.00 e. The maximum atomic E-state index is 8.54. The first-order valence-electron chi connectivity index (χ1n) is 0.408. The predicted octanol–water partition coefficient (Wildman–Crippen LogP) is -1.10. The number of hydrogen-bond donors (Lipinski definition) is 0. The van der Waals surface area contributed by atoms with Gasteiger partial charge in [0, 0.05) is 0 Å². The van der Waals surface area contributed by atoms with E-state index in [2.05, 4.69) is 0 Å². The summed E-state index contributed by atoms with van der Waals surface area (Å²) in [4.78, 5) is 0. The van der Waals surface area contributed by atoms with Crippen LogP contribution >= 0.6 is 0 Å². The van der Waals surface area contributed by atoms with Gasteiger partial charge in [-0.25, -0.2) is 0 Å². The summed E-state index contributed by atoms with van der Waals surface area (Å²) in [6.07, 6.45) is 0. The Kier molecular flexibility index (Phi) is 756. The Morgan fingerprint density at radius 2 is 0.778 bits per heavy atom. The summed E-state index contributed by atoms with van der Waals surface area (Å²) < 4.78 is 17.1. The Labute approximate surface area is 96.0 Å². The molecular weight excluding hydrogens is 354 g/mol. The van der Waals surface area contributed by atoms with Gasteiger partial charge in [-0.1, -0.05) is 0 Å². The minimum absolute atomic E-state index is 0. The van der Waals surface area contributed by atoms with E-state index in [1.54, 1.807) is 0 Å². The molecule has 0 heterocycles. The van der Waals surface area contributed by atoms with Crippen LogP contribution in [-0.4, -0.2) is 21.1 Å². The van der Waals surface area contributed by atoms with Crippen LogP contribution in [0, 0.1) is 0 Å². The van der Waals surface area contributed by atoms with Gasteiger partial charge in [-0.2, -0.15) is 0 Å². The van der Waals surface area contributed by atoms with Gasteiger partial charge in [-0.15, -0.1) is 0 Å². The molecule has 0 rings (SSSR count). The van der Waals surface area contributed by atoms with Crippen LogP contribution < -0.4 is 0 Å². The molecule has 48 valence electrons. The van der Waals surface area contributed by atoms with Crippen LogP contribution in [0.3, 0.4) is 0 Å². The largest absolute Gasteiger partial charge is 4.00 e. The van der Waals surface area contributed by atoms with E-state index in [1.165, 1.54) is 0 Å². The zero-order valence-electron chi connectivity index (χ0n) is 3.95. The minimum atomic E-state index is -2.27. The number of hydrogen-bond acceptors (Lipinski definition) is 2. The molecule has 0 aromatic carbocycles. The maximum Gasteiger partial charge on any atom is 4.00 e. The van der Waals surface area contributed by atoms with Gasteiger partial charge in [0.1, 0.15) is 0 Å². The summed E-state index contributed by atoms with van der Waals surface area (Å²) >= 11 is -2.27. The molecule has 0 amide bonds. The Morgan fingerprint density at radius 3 is 0.778 bits per heavy atom. The summed E-state index contributed by atoms with van der Waals surface area (Å²) in [6.45, 7) is 0. The zero-order valence-corrected chi connectivity index (χ0v) is 10.8. The molecule has 0 saturated heterocycles. The molecule has 0 aromatic rings. The van der Waals surface area contributed by atoms with Crippen LogP contribution in [0.1, 0.15) is 0 Å². The molecule has 0 unspecified atom stereocenters. The van der Waals surface area contributed by atoms with E-state index in [1.807, 2.05) is 0 Å². The summed E-state index contributed by atoms with van der Waals surface area (Å²) in [5.41, 5.74) is 0. The molecule has 0 aliphatic carbocycles. The summed E-state index contributed by atoms with van der Waals surface area (Å²) in [6, 6.07) is 0. The van der Waals surface area contributed by atoms with E-state index in [9.17, 15) is 0 Å². The molecule has 0 aromatic heterocycles. The van der Waals surface area contributed by atoms with Gasteiger partial charge in [-0.05, 0) is 0 Å². The normalized spacial score (nSPS) is 0.889. The van der Waals surface area contributed by atoms with Crippen LogP contribution in [0.15, 0.2) is 0 Å². The molecule has 0 saturated carbocycles. The fourth-order valence-electron chi connectivity index (χ4n) is 0. The van der Waals surface area contributed by atoms with Crippen LogP contribution in [0.5, 0.6) is 0 Å². The van der Waals surface area contributed by atoms with Gasteiger partial charge >= 0.3 is 75.2 Å². The molecule has 0 fully saturated rings. The van der Waals surface area contributed by atoms with Gasteiger partial charge in [0.2, 0.25) is 0 Å². The molecule has 0 aliphatic rings. The van der Waals surface area contributed by atoms with Crippen molar-refractivity contribution < 1.29 is 76.0 Å². The van der Waals surface area contributed by atoms with Crippen molar-refractivity contribution in [2.75, 3.05) is 0 Å². The average molecular weight is 354 g/mol. The summed E-state index contributed by atoms with van der Waals surface area (Å²) in [5.74, 6) is 0. The van der Waals surface area contributed by atoms with Crippen molar-refractivity contribution in [3.63, 3.8) is 0 Å². The van der Waals surface area contributed by atoms with E-state index in [4.69, 9.17) is 6.15 Å². The third-order valence-electron chi connectivity index (χ3n) is 0. The fraction of sp³-hybridized carbons (Fsp3) is 0. The summed E-state index contributed by atoms with van der Waals surface area (Å²) in [5, 5.41) is 0. The van der Waals surface area contributed by atoms with Crippen LogP contribution in [0.25, 0.3) is 0 Å². The van der Waals surface area contributed by atoms with Crippen molar-refractivity contribution in [3.05, 3.63) is 0 Å². The van der Waals surface area contributed by atoms with Crippen LogP contribution in [0.4, 0.5) is 0 Å².